The first-order valence-corrected chi connectivity index (χ1v) is 10.9. The highest BCUT2D eigenvalue weighted by Crippen LogP contribution is 2.24. The van der Waals surface area contributed by atoms with Crippen molar-refractivity contribution in [3.63, 3.8) is 0 Å². The molecule has 1 aliphatic rings. The first-order chi connectivity index (χ1) is 14.4. The van der Waals surface area contributed by atoms with Crippen molar-refractivity contribution in [2.24, 2.45) is 0 Å². The Labute approximate surface area is 187 Å². The van der Waals surface area contributed by atoms with Gasteiger partial charge in [0.15, 0.2) is 6.61 Å². The molecule has 160 valence electrons. The molecule has 1 aliphatic carbocycles. The number of amides is 2. The van der Waals surface area contributed by atoms with Gasteiger partial charge in [0.1, 0.15) is 11.8 Å². The average Bonchev–Trinajstić information content (AvgIpc) is 3.26. The summed E-state index contributed by atoms with van der Waals surface area (Å²) in [6.45, 7) is 1.81. The Hall–Kier alpha value is -2.24. The maximum atomic E-state index is 13.0. The number of hydrogen-bond donors (Lipinski definition) is 1. The fourth-order valence-corrected chi connectivity index (χ4v) is 3.87. The lowest BCUT2D eigenvalue weighted by molar-refractivity contribution is -0.142. The quantitative estimate of drug-likeness (QED) is 0.627. The van der Waals surface area contributed by atoms with Crippen LogP contribution in [0.1, 0.15) is 38.2 Å². The van der Waals surface area contributed by atoms with Crippen LogP contribution in [0.4, 0.5) is 0 Å². The number of ether oxygens (including phenoxy) is 1. The van der Waals surface area contributed by atoms with Crippen molar-refractivity contribution in [2.45, 2.75) is 51.2 Å². The summed E-state index contributed by atoms with van der Waals surface area (Å²) in [4.78, 5) is 27.4. The van der Waals surface area contributed by atoms with E-state index in [4.69, 9.17) is 27.9 Å². The number of hydrogen-bond acceptors (Lipinski definition) is 3. The molecule has 0 aliphatic heterocycles. The van der Waals surface area contributed by atoms with E-state index in [9.17, 15) is 9.59 Å². The average molecular weight is 449 g/mol. The van der Waals surface area contributed by atoms with Crippen LogP contribution in [0.15, 0.2) is 48.5 Å². The largest absolute Gasteiger partial charge is 0.484 e. The second-order valence-corrected chi connectivity index (χ2v) is 8.35. The van der Waals surface area contributed by atoms with E-state index >= 15 is 0 Å². The van der Waals surface area contributed by atoms with Crippen LogP contribution in [0.25, 0.3) is 0 Å². The Morgan fingerprint density at radius 3 is 2.47 bits per heavy atom. The number of para-hydroxylation sites is 1. The van der Waals surface area contributed by atoms with E-state index in [2.05, 4.69) is 5.32 Å². The number of halogens is 2. The smallest absolute Gasteiger partial charge is 0.261 e. The lowest BCUT2D eigenvalue weighted by atomic mass is 10.1. The lowest BCUT2D eigenvalue weighted by Gasteiger charge is -2.29. The predicted octanol–water partition coefficient (Wildman–Crippen LogP) is 4.85. The second-order valence-electron chi connectivity index (χ2n) is 7.54. The summed E-state index contributed by atoms with van der Waals surface area (Å²) in [6, 6.07) is 13.9. The van der Waals surface area contributed by atoms with Crippen molar-refractivity contribution in [3.8, 4) is 5.75 Å². The summed E-state index contributed by atoms with van der Waals surface area (Å²) in [5.74, 6) is 0.164. The van der Waals surface area contributed by atoms with Gasteiger partial charge in [-0.2, -0.15) is 0 Å². The molecular weight excluding hydrogens is 423 g/mol. The molecule has 1 fully saturated rings. The van der Waals surface area contributed by atoms with Gasteiger partial charge in [0.05, 0.1) is 10.0 Å². The van der Waals surface area contributed by atoms with Crippen molar-refractivity contribution in [3.05, 3.63) is 64.1 Å². The van der Waals surface area contributed by atoms with Gasteiger partial charge < -0.3 is 15.0 Å². The Kier molecular flexibility index (Phi) is 8.00. The number of benzene rings is 2. The zero-order valence-electron chi connectivity index (χ0n) is 16.9. The molecule has 0 aromatic heterocycles. The fraction of sp³-hybridized carbons (Fsp3) is 0.391. The zero-order chi connectivity index (χ0) is 21.5. The third-order valence-electron chi connectivity index (χ3n) is 5.31. The van der Waals surface area contributed by atoms with Gasteiger partial charge in [0, 0.05) is 12.6 Å². The van der Waals surface area contributed by atoms with Crippen LogP contribution in [0.2, 0.25) is 10.0 Å². The van der Waals surface area contributed by atoms with Crippen LogP contribution in [0.3, 0.4) is 0 Å². The standard InChI is InChI=1S/C23H26Cl2N2O3/c1-16(23(29)26-18-7-5-6-8-18)27(14-17-11-12-20(24)21(25)13-17)22(28)15-30-19-9-3-2-4-10-19/h2-4,9-13,16,18H,5-8,14-15H2,1H3,(H,26,29)/t16-/m0/s1. The predicted molar refractivity (Wildman–Crippen MR) is 119 cm³/mol. The van der Waals surface area contributed by atoms with Gasteiger partial charge in [-0.1, -0.05) is 60.3 Å². The Balaban J connectivity index is 1.72. The fourth-order valence-electron chi connectivity index (χ4n) is 3.55. The van der Waals surface area contributed by atoms with Crippen LogP contribution < -0.4 is 10.1 Å². The minimum atomic E-state index is -0.646. The number of rotatable bonds is 8. The van der Waals surface area contributed by atoms with Crippen LogP contribution in [-0.4, -0.2) is 35.4 Å². The van der Waals surface area contributed by atoms with E-state index in [0.29, 0.717) is 15.8 Å². The summed E-state index contributed by atoms with van der Waals surface area (Å²) >= 11 is 12.1. The third kappa shape index (κ3) is 6.13. The van der Waals surface area contributed by atoms with Crippen molar-refractivity contribution >= 4 is 35.0 Å². The minimum absolute atomic E-state index is 0.157. The number of nitrogens with one attached hydrogen (secondary N) is 1. The zero-order valence-corrected chi connectivity index (χ0v) is 18.5. The molecule has 2 aromatic carbocycles. The molecule has 0 bridgehead atoms. The van der Waals surface area contributed by atoms with Gasteiger partial charge in [-0.3, -0.25) is 9.59 Å². The molecule has 1 saturated carbocycles. The molecule has 0 radical (unpaired) electrons. The van der Waals surface area contributed by atoms with Crippen LogP contribution in [-0.2, 0) is 16.1 Å². The topological polar surface area (TPSA) is 58.6 Å². The van der Waals surface area contributed by atoms with Crippen LogP contribution in [0, 0.1) is 0 Å². The molecule has 7 heteroatoms. The molecule has 1 atom stereocenters. The van der Waals surface area contributed by atoms with Gasteiger partial charge in [-0.25, -0.2) is 0 Å². The van der Waals surface area contributed by atoms with Crippen LogP contribution >= 0.6 is 23.2 Å². The summed E-state index contributed by atoms with van der Waals surface area (Å²) in [5.41, 5.74) is 0.790. The summed E-state index contributed by atoms with van der Waals surface area (Å²) < 4.78 is 5.62. The highest BCUT2D eigenvalue weighted by atomic mass is 35.5. The van der Waals surface area contributed by atoms with Gasteiger partial charge >= 0.3 is 0 Å². The normalized spacial score (nSPS) is 14.9. The third-order valence-corrected chi connectivity index (χ3v) is 6.05. The van der Waals surface area contributed by atoms with Crippen molar-refractivity contribution < 1.29 is 14.3 Å². The highest BCUT2D eigenvalue weighted by Gasteiger charge is 2.28. The second kappa shape index (κ2) is 10.7. The Morgan fingerprint density at radius 1 is 1.10 bits per heavy atom. The van der Waals surface area contributed by atoms with Crippen molar-refractivity contribution in [1.82, 2.24) is 10.2 Å². The molecule has 30 heavy (non-hydrogen) atoms. The van der Waals surface area contributed by atoms with E-state index < -0.39 is 6.04 Å². The summed E-state index contributed by atoms with van der Waals surface area (Å²) in [7, 11) is 0. The van der Waals surface area contributed by atoms with Gasteiger partial charge in [0.25, 0.3) is 5.91 Å². The van der Waals surface area contributed by atoms with E-state index in [-0.39, 0.29) is 31.0 Å². The molecule has 3 rings (SSSR count). The van der Waals surface area contributed by atoms with Gasteiger partial charge in [-0.15, -0.1) is 0 Å². The molecule has 0 spiro atoms. The molecule has 0 unspecified atom stereocenters. The molecule has 2 amide bonds. The number of carbonyl (C=O) groups is 2. The summed E-state index contributed by atoms with van der Waals surface area (Å²) in [6.07, 6.45) is 4.21. The Bertz CT molecular complexity index is 870. The molecule has 0 heterocycles. The van der Waals surface area contributed by atoms with Crippen molar-refractivity contribution in [1.29, 1.82) is 0 Å². The monoisotopic (exact) mass is 448 g/mol. The minimum Gasteiger partial charge on any atom is -0.484 e. The molecule has 5 nitrogen and oxygen atoms in total. The van der Waals surface area contributed by atoms with E-state index in [1.54, 1.807) is 37.3 Å². The first-order valence-electron chi connectivity index (χ1n) is 10.2. The molecule has 2 aromatic rings. The van der Waals surface area contributed by atoms with Crippen LogP contribution in [0.5, 0.6) is 5.75 Å². The highest BCUT2D eigenvalue weighted by molar-refractivity contribution is 6.42. The van der Waals surface area contributed by atoms with Crippen molar-refractivity contribution in [2.75, 3.05) is 6.61 Å². The Morgan fingerprint density at radius 2 is 1.80 bits per heavy atom. The number of nitrogens with zero attached hydrogens (tertiary/aromatic N) is 1. The number of carbonyl (C=O) groups excluding carboxylic acids is 2. The molecule has 1 N–H and O–H groups in total. The summed E-state index contributed by atoms with van der Waals surface area (Å²) in [5, 5.41) is 3.92. The van der Waals surface area contributed by atoms with Gasteiger partial charge in [-0.05, 0) is 49.6 Å². The lowest BCUT2D eigenvalue weighted by Crippen LogP contribution is -2.50. The van der Waals surface area contributed by atoms with E-state index in [0.717, 1.165) is 31.2 Å². The van der Waals surface area contributed by atoms with E-state index in [1.165, 1.54) is 4.90 Å². The first kappa shape index (κ1) is 22.4. The SMILES string of the molecule is C[C@@H](C(=O)NC1CCCC1)N(Cc1ccc(Cl)c(Cl)c1)C(=O)COc1ccccc1. The van der Waals surface area contributed by atoms with Gasteiger partial charge in [0.2, 0.25) is 5.91 Å². The molecule has 0 saturated heterocycles. The van der Waals surface area contributed by atoms with E-state index in [1.807, 2.05) is 18.2 Å². The maximum absolute atomic E-state index is 13.0. The maximum Gasteiger partial charge on any atom is 0.261 e. The molecular formula is C23H26Cl2N2O3.